The van der Waals surface area contributed by atoms with Crippen molar-refractivity contribution < 1.29 is 32.6 Å². The summed E-state index contributed by atoms with van der Waals surface area (Å²) < 4.78 is 41.2. The second-order valence-electron chi connectivity index (χ2n) is 3.90. The summed E-state index contributed by atoms with van der Waals surface area (Å²) in [5.41, 5.74) is 0.336. The number of carbonyl (C=O) groups excluding carboxylic acids is 1. The van der Waals surface area contributed by atoms with Crippen LogP contribution in [0.1, 0.15) is 12.0 Å². The first-order chi connectivity index (χ1) is 9.88. The molecular formula is C12H13F3N2O4. The smallest absolute Gasteiger partial charge is 0.387 e. The molecule has 0 saturated carbocycles. The van der Waals surface area contributed by atoms with Gasteiger partial charge in [-0.2, -0.15) is 8.78 Å². The van der Waals surface area contributed by atoms with Gasteiger partial charge in [0, 0.05) is 13.1 Å². The van der Waals surface area contributed by atoms with Gasteiger partial charge < -0.3 is 20.5 Å². The molecule has 1 rings (SSSR count). The summed E-state index contributed by atoms with van der Waals surface area (Å²) in [7, 11) is 0. The van der Waals surface area contributed by atoms with E-state index < -0.39 is 30.2 Å². The van der Waals surface area contributed by atoms with Gasteiger partial charge in [-0.05, 0) is 17.7 Å². The molecule has 0 saturated heterocycles. The molecule has 0 unspecified atom stereocenters. The molecule has 0 atom stereocenters. The van der Waals surface area contributed by atoms with Crippen molar-refractivity contribution in [2.24, 2.45) is 0 Å². The van der Waals surface area contributed by atoms with Crippen LogP contribution in [0.2, 0.25) is 0 Å². The lowest BCUT2D eigenvalue weighted by molar-refractivity contribution is -0.136. The first-order valence-corrected chi connectivity index (χ1v) is 5.85. The van der Waals surface area contributed by atoms with E-state index in [-0.39, 0.29) is 19.5 Å². The van der Waals surface area contributed by atoms with E-state index in [4.69, 9.17) is 5.11 Å². The van der Waals surface area contributed by atoms with Gasteiger partial charge in [0.25, 0.3) is 0 Å². The third kappa shape index (κ3) is 6.50. The van der Waals surface area contributed by atoms with E-state index in [1.165, 1.54) is 6.07 Å². The average Bonchev–Trinajstić information content (AvgIpc) is 2.38. The number of ether oxygens (including phenoxy) is 1. The Kier molecular flexibility index (Phi) is 6.31. The highest BCUT2D eigenvalue weighted by Crippen LogP contribution is 2.20. The van der Waals surface area contributed by atoms with Gasteiger partial charge in [0.05, 0.1) is 6.42 Å². The number of alkyl halides is 2. The van der Waals surface area contributed by atoms with Gasteiger partial charge in [-0.25, -0.2) is 9.18 Å². The number of nitrogens with one attached hydrogen (secondary N) is 2. The summed E-state index contributed by atoms with van der Waals surface area (Å²) in [6, 6.07) is 2.68. The molecule has 0 bridgehead atoms. The van der Waals surface area contributed by atoms with Gasteiger partial charge in [-0.3, -0.25) is 4.79 Å². The molecular weight excluding hydrogens is 293 g/mol. The Morgan fingerprint density at radius 1 is 1.29 bits per heavy atom. The molecule has 1 aromatic rings. The molecule has 1 aromatic carbocycles. The maximum atomic E-state index is 13.4. The largest absolute Gasteiger partial charge is 0.481 e. The van der Waals surface area contributed by atoms with Gasteiger partial charge in [-0.15, -0.1) is 0 Å². The van der Waals surface area contributed by atoms with Crippen molar-refractivity contribution in [1.82, 2.24) is 10.6 Å². The molecule has 0 aromatic heterocycles. The van der Waals surface area contributed by atoms with Crippen molar-refractivity contribution in [3.8, 4) is 5.75 Å². The number of urea groups is 1. The fraction of sp³-hybridized carbons (Fsp3) is 0.333. The van der Waals surface area contributed by atoms with E-state index in [0.29, 0.717) is 5.56 Å². The first-order valence-electron chi connectivity index (χ1n) is 5.85. The summed E-state index contributed by atoms with van der Waals surface area (Å²) in [5.74, 6) is -2.60. The minimum atomic E-state index is -3.12. The number of amides is 2. The SMILES string of the molecule is O=C(O)CCNC(=O)NCc1ccc(OC(F)F)c(F)c1. The predicted molar refractivity (Wildman–Crippen MR) is 65.5 cm³/mol. The van der Waals surface area contributed by atoms with E-state index in [1.54, 1.807) is 0 Å². The topological polar surface area (TPSA) is 87.7 Å². The van der Waals surface area contributed by atoms with Crippen LogP contribution in [-0.4, -0.2) is 30.3 Å². The van der Waals surface area contributed by atoms with Crippen LogP contribution in [0.25, 0.3) is 0 Å². The van der Waals surface area contributed by atoms with Gasteiger partial charge >= 0.3 is 18.6 Å². The minimum Gasteiger partial charge on any atom is -0.481 e. The third-order valence-electron chi connectivity index (χ3n) is 2.29. The molecule has 0 aliphatic heterocycles. The highest BCUT2D eigenvalue weighted by molar-refractivity contribution is 5.74. The molecule has 2 amide bonds. The summed E-state index contributed by atoms with van der Waals surface area (Å²) in [4.78, 5) is 21.5. The summed E-state index contributed by atoms with van der Waals surface area (Å²) in [5, 5.41) is 13.0. The number of carboxylic acid groups (broad SMARTS) is 1. The molecule has 3 N–H and O–H groups in total. The summed E-state index contributed by atoms with van der Waals surface area (Å²) in [6.07, 6.45) is -0.221. The Labute approximate surface area is 117 Å². The minimum absolute atomic E-state index is 0.0449. The highest BCUT2D eigenvalue weighted by atomic mass is 19.3. The summed E-state index contributed by atoms with van der Waals surface area (Å²) >= 11 is 0. The first kappa shape index (κ1) is 16.6. The number of benzene rings is 1. The maximum Gasteiger partial charge on any atom is 0.387 e. The van der Waals surface area contributed by atoms with Crippen LogP contribution in [0.5, 0.6) is 5.75 Å². The van der Waals surface area contributed by atoms with Crippen LogP contribution in [0.4, 0.5) is 18.0 Å². The van der Waals surface area contributed by atoms with E-state index in [0.717, 1.165) is 12.1 Å². The lowest BCUT2D eigenvalue weighted by atomic mass is 10.2. The van der Waals surface area contributed by atoms with Crippen molar-refractivity contribution in [3.63, 3.8) is 0 Å². The Morgan fingerprint density at radius 2 is 2.00 bits per heavy atom. The van der Waals surface area contributed by atoms with Crippen LogP contribution in [0, 0.1) is 5.82 Å². The van der Waals surface area contributed by atoms with Gasteiger partial charge in [0.15, 0.2) is 11.6 Å². The van der Waals surface area contributed by atoms with Crippen molar-refractivity contribution in [3.05, 3.63) is 29.6 Å². The molecule has 0 fully saturated rings. The second kappa shape index (κ2) is 7.98. The lowest BCUT2D eigenvalue weighted by Gasteiger charge is -2.09. The van der Waals surface area contributed by atoms with Crippen LogP contribution in [-0.2, 0) is 11.3 Å². The van der Waals surface area contributed by atoms with Gasteiger partial charge in [0.2, 0.25) is 0 Å². The molecule has 21 heavy (non-hydrogen) atoms. The zero-order chi connectivity index (χ0) is 15.8. The average molecular weight is 306 g/mol. The quantitative estimate of drug-likeness (QED) is 0.715. The molecule has 9 heteroatoms. The van der Waals surface area contributed by atoms with E-state index in [9.17, 15) is 22.8 Å². The highest BCUT2D eigenvalue weighted by Gasteiger charge is 2.10. The Bertz CT molecular complexity index is 511. The van der Waals surface area contributed by atoms with Crippen LogP contribution >= 0.6 is 0 Å². The summed E-state index contributed by atoms with van der Waals surface area (Å²) in [6.45, 7) is -3.22. The Morgan fingerprint density at radius 3 is 2.57 bits per heavy atom. The van der Waals surface area contributed by atoms with Crippen LogP contribution in [0.15, 0.2) is 18.2 Å². The predicted octanol–water partition coefficient (Wildman–Crippen LogP) is 1.70. The molecule has 0 radical (unpaired) electrons. The van der Waals surface area contributed by atoms with Crippen molar-refractivity contribution in [2.75, 3.05) is 6.54 Å². The normalized spacial score (nSPS) is 10.3. The standard InChI is InChI=1S/C12H13F3N2O4/c13-8-5-7(1-2-9(8)21-11(14)15)6-17-12(20)16-4-3-10(18)19/h1-2,5,11H,3-4,6H2,(H,18,19)(H2,16,17,20). The molecule has 116 valence electrons. The van der Waals surface area contributed by atoms with E-state index in [2.05, 4.69) is 15.4 Å². The fourth-order valence-corrected chi connectivity index (χ4v) is 1.37. The fourth-order valence-electron chi connectivity index (χ4n) is 1.37. The van der Waals surface area contributed by atoms with E-state index in [1.807, 2.05) is 0 Å². The molecule has 0 aliphatic carbocycles. The number of carboxylic acids is 1. The van der Waals surface area contributed by atoms with Gasteiger partial charge in [0.1, 0.15) is 0 Å². The van der Waals surface area contributed by atoms with E-state index >= 15 is 0 Å². The monoisotopic (exact) mass is 306 g/mol. The number of halogens is 3. The number of rotatable bonds is 7. The number of hydrogen-bond donors (Lipinski definition) is 3. The van der Waals surface area contributed by atoms with Crippen molar-refractivity contribution in [2.45, 2.75) is 19.6 Å². The Hall–Kier alpha value is -2.45. The maximum absolute atomic E-state index is 13.4. The van der Waals surface area contributed by atoms with Crippen LogP contribution < -0.4 is 15.4 Å². The third-order valence-corrected chi connectivity index (χ3v) is 2.29. The van der Waals surface area contributed by atoms with Gasteiger partial charge in [-0.1, -0.05) is 6.07 Å². The van der Waals surface area contributed by atoms with Crippen molar-refractivity contribution >= 4 is 12.0 Å². The number of hydrogen-bond acceptors (Lipinski definition) is 3. The molecule has 0 aliphatic rings. The number of carbonyl (C=O) groups is 2. The van der Waals surface area contributed by atoms with Crippen LogP contribution in [0.3, 0.4) is 0 Å². The Balaban J connectivity index is 2.43. The molecule has 0 heterocycles. The molecule has 6 nitrogen and oxygen atoms in total. The zero-order valence-electron chi connectivity index (χ0n) is 10.7. The van der Waals surface area contributed by atoms with Crippen molar-refractivity contribution in [1.29, 1.82) is 0 Å². The zero-order valence-corrected chi connectivity index (χ0v) is 10.7. The number of aliphatic carboxylic acids is 1. The lowest BCUT2D eigenvalue weighted by Crippen LogP contribution is -2.36. The molecule has 0 spiro atoms. The second-order valence-corrected chi connectivity index (χ2v) is 3.90.